The monoisotopic (exact) mass is 286 g/mol. The Balaban J connectivity index is 1.59. The molecule has 2 aromatic rings. The second kappa shape index (κ2) is 6.08. The number of nitrogens with one attached hydrogen (secondary N) is 2. The lowest BCUT2D eigenvalue weighted by Gasteiger charge is -2.09. The van der Waals surface area contributed by atoms with Gasteiger partial charge in [0.25, 0.3) is 0 Å². The number of hydrogen-bond donors (Lipinski definition) is 2. The molecule has 1 heterocycles. The summed E-state index contributed by atoms with van der Waals surface area (Å²) >= 11 is 0. The first-order valence-corrected chi connectivity index (χ1v) is 7.30. The lowest BCUT2D eigenvalue weighted by Crippen LogP contribution is -2.11. The van der Waals surface area contributed by atoms with E-state index in [1.807, 2.05) is 25.1 Å². The summed E-state index contributed by atoms with van der Waals surface area (Å²) in [6.07, 6.45) is 3.00. The van der Waals surface area contributed by atoms with Crippen LogP contribution in [0, 0.1) is 12.7 Å². The molecule has 2 N–H and O–H groups in total. The van der Waals surface area contributed by atoms with E-state index >= 15 is 0 Å². The van der Waals surface area contributed by atoms with Crippen LogP contribution in [0.4, 0.5) is 16.2 Å². The molecule has 0 radical (unpaired) electrons. The van der Waals surface area contributed by atoms with Gasteiger partial charge in [-0.15, -0.1) is 0 Å². The largest absolute Gasteiger partial charge is 0.370 e. The van der Waals surface area contributed by atoms with Crippen LogP contribution in [0.2, 0.25) is 0 Å². The fourth-order valence-electron chi connectivity index (χ4n) is 2.16. The Bertz CT molecular complexity index is 625. The first-order valence-electron chi connectivity index (χ1n) is 7.30. The fraction of sp³-hybridized carbons (Fsp3) is 0.375. The Morgan fingerprint density at radius 1 is 1.24 bits per heavy atom. The van der Waals surface area contributed by atoms with Gasteiger partial charge in [-0.3, -0.25) is 0 Å². The molecule has 5 heteroatoms. The molecule has 4 nitrogen and oxygen atoms in total. The molecule has 1 fully saturated rings. The molecule has 0 amide bonds. The van der Waals surface area contributed by atoms with Crippen molar-refractivity contribution in [3.63, 3.8) is 0 Å². The average molecular weight is 286 g/mol. The maximum Gasteiger partial charge on any atom is 0.225 e. The second-order valence-electron chi connectivity index (χ2n) is 5.40. The molecule has 3 rings (SSSR count). The highest BCUT2D eigenvalue weighted by atomic mass is 19.1. The van der Waals surface area contributed by atoms with Crippen molar-refractivity contribution in [2.75, 3.05) is 17.2 Å². The van der Waals surface area contributed by atoms with Gasteiger partial charge < -0.3 is 10.6 Å². The molecule has 0 saturated heterocycles. The zero-order valence-corrected chi connectivity index (χ0v) is 12.1. The van der Waals surface area contributed by atoms with Crippen molar-refractivity contribution in [2.45, 2.75) is 32.2 Å². The van der Waals surface area contributed by atoms with Crippen LogP contribution < -0.4 is 10.6 Å². The van der Waals surface area contributed by atoms with Crippen LogP contribution in [0.15, 0.2) is 30.3 Å². The highest BCUT2D eigenvalue weighted by Gasteiger charge is 2.22. The third-order valence-corrected chi connectivity index (χ3v) is 3.42. The minimum atomic E-state index is -0.158. The Labute approximate surface area is 123 Å². The van der Waals surface area contributed by atoms with E-state index in [0.717, 1.165) is 11.5 Å². The number of rotatable bonds is 6. The smallest absolute Gasteiger partial charge is 0.225 e. The van der Waals surface area contributed by atoms with Crippen molar-refractivity contribution in [3.05, 3.63) is 47.4 Å². The Morgan fingerprint density at radius 3 is 2.81 bits per heavy atom. The van der Waals surface area contributed by atoms with Crippen LogP contribution in [0.3, 0.4) is 0 Å². The Kier molecular flexibility index (Phi) is 3.99. The van der Waals surface area contributed by atoms with E-state index in [0.29, 0.717) is 30.5 Å². The summed E-state index contributed by atoms with van der Waals surface area (Å²) < 4.78 is 13.5. The normalized spacial score (nSPS) is 14.0. The second-order valence-corrected chi connectivity index (χ2v) is 5.40. The molecule has 1 aliphatic rings. The molecule has 1 aliphatic carbocycles. The number of anilines is 2. The first kappa shape index (κ1) is 13.8. The third-order valence-electron chi connectivity index (χ3n) is 3.42. The SMILES string of the molecule is Cc1cc(NCCc2ccccc2F)nc(NC2CC2)n1. The molecular weight excluding hydrogens is 267 g/mol. The van der Waals surface area contributed by atoms with Crippen LogP contribution in [0.25, 0.3) is 0 Å². The number of hydrogen-bond acceptors (Lipinski definition) is 4. The van der Waals surface area contributed by atoms with Crippen molar-refractivity contribution in [1.29, 1.82) is 0 Å². The maximum atomic E-state index is 13.5. The van der Waals surface area contributed by atoms with Crippen molar-refractivity contribution in [3.8, 4) is 0 Å². The minimum Gasteiger partial charge on any atom is -0.370 e. The molecule has 0 bridgehead atoms. The molecule has 1 aromatic carbocycles. The molecular formula is C16H19FN4. The van der Waals surface area contributed by atoms with Gasteiger partial charge in [0.1, 0.15) is 11.6 Å². The summed E-state index contributed by atoms with van der Waals surface area (Å²) in [5, 5.41) is 6.53. The van der Waals surface area contributed by atoms with E-state index in [4.69, 9.17) is 0 Å². The van der Waals surface area contributed by atoms with E-state index in [9.17, 15) is 4.39 Å². The highest BCUT2D eigenvalue weighted by Crippen LogP contribution is 2.23. The highest BCUT2D eigenvalue weighted by molar-refractivity contribution is 5.43. The number of aryl methyl sites for hydroxylation is 1. The van der Waals surface area contributed by atoms with Gasteiger partial charge in [0.05, 0.1) is 0 Å². The molecule has 0 spiro atoms. The molecule has 0 unspecified atom stereocenters. The molecule has 0 aliphatic heterocycles. The van der Waals surface area contributed by atoms with E-state index in [-0.39, 0.29) is 5.82 Å². The molecule has 21 heavy (non-hydrogen) atoms. The molecule has 1 saturated carbocycles. The minimum absolute atomic E-state index is 0.158. The summed E-state index contributed by atoms with van der Waals surface area (Å²) in [4.78, 5) is 8.81. The van der Waals surface area contributed by atoms with Gasteiger partial charge in [-0.25, -0.2) is 9.37 Å². The van der Waals surface area contributed by atoms with Gasteiger partial charge in [-0.2, -0.15) is 4.98 Å². The number of halogens is 1. The van der Waals surface area contributed by atoms with Gasteiger partial charge >= 0.3 is 0 Å². The van der Waals surface area contributed by atoms with E-state index in [1.165, 1.54) is 18.9 Å². The average Bonchev–Trinajstić information content (AvgIpc) is 3.24. The van der Waals surface area contributed by atoms with Crippen molar-refractivity contribution < 1.29 is 4.39 Å². The lowest BCUT2D eigenvalue weighted by atomic mass is 10.1. The van der Waals surface area contributed by atoms with Gasteiger partial charge in [0.15, 0.2) is 0 Å². The van der Waals surface area contributed by atoms with Crippen LogP contribution in [-0.2, 0) is 6.42 Å². The quantitative estimate of drug-likeness (QED) is 0.856. The summed E-state index contributed by atoms with van der Waals surface area (Å²) in [7, 11) is 0. The predicted molar refractivity (Wildman–Crippen MR) is 82.0 cm³/mol. The van der Waals surface area contributed by atoms with E-state index in [2.05, 4.69) is 20.6 Å². The van der Waals surface area contributed by atoms with E-state index in [1.54, 1.807) is 6.07 Å². The zero-order chi connectivity index (χ0) is 14.7. The van der Waals surface area contributed by atoms with Gasteiger partial charge in [-0.05, 0) is 37.8 Å². The summed E-state index contributed by atoms with van der Waals surface area (Å²) in [5.41, 5.74) is 1.63. The predicted octanol–water partition coefficient (Wildman–Crippen LogP) is 3.15. The number of aromatic nitrogens is 2. The van der Waals surface area contributed by atoms with Crippen LogP contribution in [0.5, 0.6) is 0 Å². The Morgan fingerprint density at radius 2 is 2.05 bits per heavy atom. The van der Waals surface area contributed by atoms with Crippen molar-refractivity contribution in [2.24, 2.45) is 0 Å². The van der Waals surface area contributed by atoms with Gasteiger partial charge in [0.2, 0.25) is 5.95 Å². The number of nitrogens with zero attached hydrogens (tertiary/aromatic N) is 2. The summed E-state index contributed by atoms with van der Waals surface area (Å²) in [6, 6.07) is 9.28. The van der Waals surface area contributed by atoms with Crippen LogP contribution >= 0.6 is 0 Å². The van der Waals surface area contributed by atoms with Crippen LogP contribution in [0.1, 0.15) is 24.1 Å². The molecule has 0 atom stereocenters. The van der Waals surface area contributed by atoms with E-state index < -0.39 is 0 Å². The fourth-order valence-corrected chi connectivity index (χ4v) is 2.16. The zero-order valence-electron chi connectivity index (χ0n) is 12.1. The maximum absolute atomic E-state index is 13.5. The van der Waals surface area contributed by atoms with Gasteiger partial charge in [0, 0.05) is 24.3 Å². The summed E-state index contributed by atoms with van der Waals surface area (Å²) in [6.45, 7) is 2.59. The topological polar surface area (TPSA) is 49.8 Å². The number of benzene rings is 1. The standard InChI is InChI=1S/C16H19FN4/c1-11-10-15(21-16(19-11)20-13-6-7-13)18-9-8-12-4-2-3-5-14(12)17/h2-5,10,13H,6-9H2,1H3,(H2,18,19,20,21). The van der Waals surface area contributed by atoms with Crippen molar-refractivity contribution in [1.82, 2.24) is 9.97 Å². The van der Waals surface area contributed by atoms with Gasteiger partial charge in [-0.1, -0.05) is 18.2 Å². The third kappa shape index (κ3) is 3.90. The summed E-state index contributed by atoms with van der Waals surface area (Å²) in [5.74, 6) is 1.29. The Hall–Kier alpha value is -2.17. The lowest BCUT2D eigenvalue weighted by molar-refractivity contribution is 0.610. The first-order chi connectivity index (χ1) is 10.2. The van der Waals surface area contributed by atoms with Crippen LogP contribution in [-0.4, -0.2) is 22.6 Å². The van der Waals surface area contributed by atoms with Crippen molar-refractivity contribution >= 4 is 11.8 Å². The molecule has 1 aromatic heterocycles. The molecule has 110 valence electrons.